The summed E-state index contributed by atoms with van der Waals surface area (Å²) in [4.78, 5) is 7.23. The molecule has 104 valence electrons. The number of hydrogen-bond donors (Lipinski definition) is 1. The van der Waals surface area contributed by atoms with E-state index in [9.17, 15) is 0 Å². The molecule has 0 spiro atoms. The van der Waals surface area contributed by atoms with Crippen LogP contribution in [0.3, 0.4) is 0 Å². The fraction of sp³-hybridized carbons (Fsp3) is 0.471. The topological polar surface area (TPSA) is 28.2 Å². The van der Waals surface area contributed by atoms with Crippen LogP contribution in [0.1, 0.15) is 31.2 Å². The van der Waals surface area contributed by atoms with Gasteiger partial charge >= 0.3 is 0 Å². The Balaban J connectivity index is 1.87. The Morgan fingerprint density at radius 3 is 2.75 bits per heavy atom. The fourth-order valence-corrected chi connectivity index (χ4v) is 3.18. The van der Waals surface area contributed by atoms with Crippen molar-refractivity contribution in [3.05, 3.63) is 30.0 Å². The van der Waals surface area contributed by atoms with E-state index in [1.165, 1.54) is 53.5 Å². The van der Waals surface area contributed by atoms with Gasteiger partial charge in [-0.1, -0.05) is 18.2 Å². The highest BCUT2D eigenvalue weighted by Gasteiger charge is 2.23. The standard InChI is InChI=1S/C17H21N3/c1-12-5-4-6-14-15(19-13-7-8-13)11-18-17(16(12)14)20-9-2-3-10-20/h4-6,11,13,19H,2-3,7-10H2,1H3. The van der Waals surface area contributed by atoms with E-state index in [4.69, 9.17) is 4.98 Å². The third-order valence-corrected chi connectivity index (χ3v) is 4.45. The molecule has 1 N–H and O–H groups in total. The van der Waals surface area contributed by atoms with Crippen molar-refractivity contribution in [1.82, 2.24) is 4.98 Å². The number of fused-ring (bicyclic) bond motifs is 1. The van der Waals surface area contributed by atoms with Crippen LogP contribution in [0.5, 0.6) is 0 Å². The molecule has 0 radical (unpaired) electrons. The lowest BCUT2D eigenvalue weighted by molar-refractivity contribution is 0.945. The first-order valence-electron chi connectivity index (χ1n) is 7.73. The van der Waals surface area contributed by atoms with Gasteiger partial charge in [0.25, 0.3) is 0 Å². The van der Waals surface area contributed by atoms with Crippen molar-refractivity contribution in [2.75, 3.05) is 23.3 Å². The van der Waals surface area contributed by atoms with Gasteiger partial charge in [-0.2, -0.15) is 0 Å². The number of aryl methyl sites for hydroxylation is 1. The summed E-state index contributed by atoms with van der Waals surface area (Å²) in [6, 6.07) is 7.25. The van der Waals surface area contributed by atoms with Gasteiger partial charge in [-0.25, -0.2) is 4.98 Å². The average molecular weight is 267 g/mol. The summed E-state index contributed by atoms with van der Waals surface area (Å²) in [7, 11) is 0. The van der Waals surface area contributed by atoms with E-state index >= 15 is 0 Å². The molecule has 4 rings (SSSR count). The molecule has 1 aliphatic heterocycles. The SMILES string of the molecule is Cc1cccc2c(NC3CC3)cnc(N3CCCC3)c12. The monoisotopic (exact) mass is 267 g/mol. The molecule has 2 aromatic rings. The molecule has 0 bridgehead atoms. The summed E-state index contributed by atoms with van der Waals surface area (Å²) in [5.41, 5.74) is 2.53. The van der Waals surface area contributed by atoms with Gasteiger partial charge < -0.3 is 10.2 Å². The number of nitrogens with zero attached hydrogens (tertiary/aromatic N) is 2. The molecule has 2 fully saturated rings. The average Bonchev–Trinajstić information content (AvgIpc) is 3.11. The summed E-state index contributed by atoms with van der Waals surface area (Å²) in [5.74, 6) is 1.18. The zero-order valence-electron chi connectivity index (χ0n) is 12.0. The first kappa shape index (κ1) is 12.0. The molecular weight excluding hydrogens is 246 g/mol. The quantitative estimate of drug-likeness (QED) is 0.918. The van der Waals surface area contributed by atoms with E-state index in [1.54, 1.807) is 0 Å². The number of pyridine rings is 1. The Labute approximate surface area is 120 Å². The second kappa shape index (κ2) is 4.65. The molecule has 0 atom stereocenters. The van der Waals surface area contributed by atoms with Gasteiger partial charge in [0.15, 0.2) is 0 Å². The fourth-order valence-electron chi connectivity index (χ4n) is 3.18. The van der Waals surface area contributed by atoms with Gasteiger partial charge in [-0.05, 0) is 38.2 Å². The van der Waals surface area contributed by atoms with Crippen molar-refractivity contribution in [1.29, 1.82) is 0 Å². The van der Waals surface area contributed by atoms with Gasteiger partial charge in [-0.15, -0.1) is 0 Å². The van der Waals surface area contributed by atoms with Crippen LogP contribution >= 0.6 is 0 Å². The molecule has 2 aliphatic rings. The molecule has 20 heavy (non-hydrogen) atoms. The molecule has 3 nitrogen and oxygen atoms in total. The van der Waals surface area contributed by atoms with Crippen LogP contribution in [0.25, 0.3) is 10.8 Å². The smallest absolute Gasteiger partial charge is 0.136 e. The van der Waals surface area contributed by atoms with Crippen LogP contribution in [0.15, 0.2) is 24.4 Å². The molecular formula is C17H21N3. The van der Waals surface area contributed by atoms with Crippen LogP contribution < -0.4 is 10.2 Å². The summed E-state index contributed by atoms with van der Waals surface area (Å²) in [6.45, 7) is 4.49. The number of nitrogens with one attached hydrogen (secondary N) is 1. The number of anilines is 2. The zero-order chi connectivity index (χ0) is 13.5. The van der Waals surface area contributed by atoms with Crippen LogP contribution in [0.2, 0.25) is 0 Å². The van der Waals surface area contributed by atoms with Crippen molar-refractivity contribution in [2.45, 2.75) is 38.6 Å². The van der Waals surface area contributed by atoms with Crippen LogP contribution in [-0.2, 0) is 0 Å². The van der Waals surface area contributed by atoms with Gasteiger partial charge in [0.05, 0.1) is 11.9 Å². The van der Waals surface area contributed by atoms with E-state index in [1.807, 2.05) is 6.20 Å². The molecule has 1 aliphatic carbocycles. The highest BCUT2D eigenvalue weighted by atomic mass is 15.2. The highest BCUT2D eigenvalue weighted by molar-refractivity contribution is 6.02. The Morgan fingerprint density at radius 1 is 1.20 bits per heavy atom. The van der Waals surface area contributed by atoms with E-state index in [-0.39, 0.29) is 0 Å². The molecule has 1 saturated heterocycles. The maximum absolute atomic E-state index is 4.79. The van der Waals surface area contributed by atoms with Crippen molar-refractivity contribution in [2.24, 2.45) is 0 Å². The van der Waals surface area contributed by atoms with Crippen molar-refractivity contribution >= 4 is 22.3 Å². The second-order valence-corrected chi connectivity index (χ2v) is 6.11. The minimum atomic E-state index is 0.665. The van der Waals surface area contributed by atoms with Gasteiger partial charge in [-0.3, -0.25) is 0 Å². The largest absolute Gasteiger partial charge is 0.381 e. The number of benzene rings is 1. The normalized spacial score (nSPS) is 18.8. The summed E-state index contributed by atoms with van der Waals surface area (Å²) in [6.07, 6.45) is 7.20. The lowest BCUT2D eigenvalue weighted by Gasteiger charge is -2.21. The maximum Gasteiger partial charge on any atom is 0.136 e. The van der Waals surface area contributed by atoms with Gasteiger partial charge in [0, 0.05) is 29.9 Å². The minimum absolute atomic E-state index is 0.665. The molecule has 0 unspecified atom stereocenters. The number of hydrogen-bond acceptors (Lipinski definition) is 3. The minimum Gasteiger partial charge on any atom is -0.381 e. The molecule has 2 heterocycles. The van der Waals surface area contributed by atoms with Gasteiger partial charge in [0.2, 0.25) is 0 Å². The molecule has 3 heteroatoms. The second-order valence-electron chi connectivity index (χ2n) is 6.11. The molecule has 1 aromatic heterocycles. The Bertz CT molecular complexity index is 640. The predicted octanol–water partition coefficient (Wildman–Crippen LogP) is 3.72. The molecule has 1 saturated carbocycles. The lowest BCUT2D eigenvalue weighted by Crippen LogP contribution is -2.19. The molecule has 1 aromatic carbocycles. The Morgan fingerprint density at radius 2 is 2.00 bits per heavy atom. The third kappa shape index (κ3) is 2.01. The van der Waals surface area contributed by atoms with Crippen molar-refractivity contribution in [3.8, 4) is 0 Å². The van der Waals surface area contributed by atoms with E-state index < -0.39 is 0 Å². The Hall–Kier alpha value is -1.77. The highest BCUT2D eigenvalue weighted by Crippen LogP contribution is 2.36. The summed E-state index contributed by atoms with van der Waals surface area (Å²) < 4.78 is 0. The summed E-state index contributed by atoms with van der Waals surface area (Å²) >= 11 is 0. The van der Waals surface area contributed by atoms with E-state index in [0.717, 1.165) is 13.1 Å². The Kier molecular flexibility index (Phi) is 2.79. The van der Waals surface area contributed by atoms with Crippen molar-refractivity contribution in [3.63, 3.8) is 0 Å². The van der Waals surface area contributed by atoms with Gasteiger partial charge in [0.1, 0.15) is 5.82 Å². The third-order valence-electron chi connectivity index (χ3n) is 4.45. The maximum atomic E-state index is 4.79. The first-order valence-corrected chi connectivity index (χ1v) is 7.73. The summed E-state index contributed by atoms with van der Waals surface area (Å²) in [5, 5.41) is 6.28. The molecule has 0 amide bonds. The van der Waals surface area contributed by atoms with Crippen LogP contribution in [0.4, 0.5) is 11.5 Å². The first-order chi connectivity index (χ1) is 9.83. The van der Waals surface area contributed by atoms with E-state index in [2.05, 4.69) is 35.3 Å². The number of aromatic nitrogens is 1. The lowest BCUT2D eigenvalue weighted by atomic mass is 10.0. The van der Waals surface area contributed by atoms with E-state index in [0.29, 0.717) is 6.04 Å². The van der Waals surface area contributed by atoms with Crippen LogP contribution in [-0.4, -0.2) is 24.1 Å². The zero-order valence-corrected chi connectivity index (χ0v) is 12.0. The number of rotatable bonds is 3. The predicted molar refractivity (Wildman–Crippen MR) is 84.6 cm³/mol. The van der Waals surface area contributed by atoms with Crippen molar-refractivity contribution < 1.29 is 0 Å². The van der Waals surface area contributed by atoms with Crippen LogP contribution in [0, 0.1) is 6.92 Å².